The Morgan fingerprint density at radius 2 is 1.64 bits per heavy atom. The Morgan fingerprint density at radius 3 is 2.21 bits per heavy atom. The van der Waals surface area contributed by atoms with E-state index in [1.807, 2.05) is 38.1 Å². The lowest BCUT2D eigenvalue weighted by Crippen LogP contribution is -2.30. The molecule has 0 unspecified atom stereocenters. The molecule has 1 amide bonds. The van der Waals surface area contributed by atoms with Gasteiger partial charge in [-0.25, -0.2) is 0 Å². The van der Waals surface area contributed by atoms with Gasteiger partial charge in [-0.1, -0.05) is 17.7 Å². The van der Waals surface area contributed by atoms with Crippen molar-refractivity contribution in [3.8, 4) is 23.5 Å². The Labute approximate surface area is 198 Å². The van der Waals surface area contributed by atoms with Crippen molar-refractivity contribution in [2.75, 3.05) is 32.6 Å². The maximum atomic E-state index is 12.5. The van der Waals surface area contributed by atoms with Crippen molar-refractivity contribution in [3.63, 3.8) is 0 Å². The van der Waals surface area contributed by atoms with Gasteiger partial charge in [0, 0.05) is 41.5 Å². The molecule has 3 rings (SSSR count). The summed E-state index contributed by atoms with van der Waals surface area (Å²) in [5, 5.41) is 3.85. The minimum atomic E-state index is 0.0158. The molecule has 0 saturated heterocycles. The van der Waals surface area contributed by atoms with Gasteiger partial charge >= 0.3 is 6.01 Å². The Balaban J connectivity index is 1.76. The molecule has 0 aliphatic heterocycles. The van der Waals surface area contributed by atoms with E-state index in [1.54, 1.807) is 29.2 Å². The van der Waals surface area contributed by atoms with Crippen LogP contribution < -0.4 is 19.5 Å². The number of anilines is 1. The second-order valence-electron chi connectivity index (χ2n) is 6.96. The van der Waals surface area contributed by atoms with Gasteiger partial charge in [0.15, 0.2) is 0 Å². The first-order valence-corrected chi connectivity index (χ1v) is 10.9. The molecule has 0 bridgehead atoms. The van der Waals surface area contributed by atoms with Crippen LogP contribution in [0.4, 0.5) is 5.69 Å². The van der Waals surface area contributed by atoms with Crippen molar-refractivity contribution in [2.24, 2.45) is 0 Å². The van der Waals surface area contributed by atoms with Crippen molar-refractivity contribution in [1.29, 1.82) is 0 Å². The molecular formula is C24H27ClN4O4. The number of rotatable bonds is 10. The van der Waals surface area contributed by atoms with E-state index in [1.165, 1.54) is 14.2 Å². The van der Waals surface area contributed by atoms with Gasteiger partial charge in [-0.05, 0) is 50.2 Å². The third kappa shape index (κ3) is 6.04. The number of methoxy groups -OCH3 is 2. The highest BCUT2D eigenvalue weighted by Crippen LogP contribution is 2.31. The van der Waals surface area contributed by atoms with Gasteiger partial charge in [-0.2, -0.15) is 9.97 Å². The van der Waals surface area contributed by atoms with Crippen LogP contribution in [0.5, 0.6) is 23.5 Å². The predicted octanol–water partition coefficient (Wildman–Crippen LogP) is 5.03. The van der Waals surface area contributed by atoms with Crippen LogP contribution in [0.2, 0.25) is 5.02 Å². The van der Waals surface area contributed by atoms with E-state index < -0.39 is 0 Å². The molecular weight excluding hydrogens is 444 g/mol. The van der Waals surface area contributed by atoms with Crippen LogP contribution in [0.25, 0.3) is 0 Å². The first-order chi connectivity index (χ1) is 16.0. The summed E-state index contributed by atoms with van der Waals surface area (Å²) in [5.74, 6) is 1.15. The average molecular weight is 471 g/mol. The number of nitrogens with zero attached hydrogens (tertiary/aromatic N) is 3. The van der Waals surface area contributed by atoms with E-state index in [4.69, 9.17) is 25.8 Å². The number of amides is 1. The van der Waals surface area contributed by atoms with Crippen LogP contribution in [0.3, 0.4) is 0 Å². The maximum Gasteiger partial charge on any atom is 0.328 e. The Morgan fingerprint density at radius 1 is 1.00 bits per heavy atom. The van der Waals surface area contributed by atoms with Crippen molar-refractivity contribution >= 4 is 23.2 Å². The minimum Gasteiger partial charge on any atom is -0.481 e. The van der Waals surface area contributed by atoms with Crippen LogP contribution >= 0.6 is 11.6 Å². The summed E-state index contributed by atoms with van der Waals surface area (Å²) in [6, 6.07) is 14.3. The topological polar surface area (TPSA) is 85.8 Å². The second kappa shape index (κ2) is 11.4. The van der Waals surface area contributed by atoms with E-state index in [0.29, 0.717) is 47.7 Å². The number of aromatic nitrogens is 2. The second-order valence-corrected chi connectivity index (χ2v) is 7.37. The van der Waals surface area contributed by atoms with Gasteiger partial charge in [0.1, 0.15) is 5.75 Å². The third-order valence-corrected chi connectivity index (χ3v) is 5.36. The summed E-state index contributed by atoms with van der Waals surface area (Å²) in [6.07, 6.45) is 0. The molecule has 1 N–H and O–H groups in total. The lowest BCUT2D eigenvalue weighted by atomic mass is 10.1. The minimum absolute atomic E-state index is 0.0158. The monoisotopic (exact) mass is 470 g/mol. The lowest BCUT2D eigenvalue weighted by molar-refractivity contribution is 0.0773. The maximum absolute atomic E-state index is 12.5. The molecule has 0 spiro atoms. The molecule has 3 aromatic rings. The van der Waals surface area contributed by atoms with Crippen LogP contribution in [0.15, 0.2) is 48.5 Å². The van der Waals surface area contributed by atoms with E-state index >= 15 is 0 Å². The number of halogens is 1. The fourth-order valence-corrected chi connectivity index (χ4v) is 3.39. The molecule has 0 aliphatic carbocycles. The highest BCUT2D eigenvalue weighted by molar-refractivity contribution is 6.31. The fourth-order valence-electron chi connectivity index (χ4n) is 3.16. The first-order valence-electron chi connectivity index (χ1n) is 10.5. The lowest BCUT2D eigenvalue weighted by Gasteiger charge is -2.19. The zero-order valence-electron chi connectivity index (χ0n) is 19.1. The molecule has 0 radical (unpaired) electrons. The largest absolute Gasteiger partial charge is 0.481 e. The third-order valence-electron chi connectivity index (χ3n) is 5.01. The molecule has 33 heavy (non-hydrogen) atoms. The standard InChI is InChI=1S/C24H27ClN4O4/c1-5-29(6-2)23(30)16-10-12-17(13-11-16)26-15-18-19(25)8-7-9-20(18)33-24-27-21(31-3)14-22(28-24)32-4/h7-14,26H,5-6,15H2,1-4H3. The van der Waals surface area contributed by atoms with Gasteiger partial charge in [0.05, 0.1) is 20.3 Å². The number of benzene rings is 2. The van der Waals surface area contributed by atoms with Gasteiger partial charge in [0.25, 0.3) is 5.91 Å². The Kier molecular flexibility index (Phi) is 8.32. The van der Waals surface area contributed by atoms with Crippen LogP contribution in [0.1, 0.15) is 29.8 Å². The van der Waals surface area contributed by atoms with Crippen molar-refractivity contribution in [3.05, 3.63) is 64.7 Å². The van der Waals surface area contributed by atoms with Gasteiger partial charge in [-0.15, -0.1) is 0 Å². The zero-order valence-corrected chi connectivity index (χ0v) is 19.8. The number of ether oxygens (including phenoxy) is 3. The molecule has 174 valence electrons. The molecule has 9 heteroatoms. The molecule has 2 aromatic carbocycles. The molecule has 1 aromatic heterocycles. The van der Waals surface area contributed by atoms with E-state index in [0.717, 1.165) is 11.3 Å². The number of nitrogens with one attached hydrogen (secondary N) is 1. The molecule has 0 atom stereocenters. The summed E-state index contributed by atoms with van der Waals surface area (Å²) in [6.45, 7) is 5.67. The fraction of sp³-hybridized carbons (Fsp3) is 0.292. The van der Waals surface area contributed by atoms with Crippen molar-refractivity contribution in [2.45, 2.75) is 20.4 Å². The van der Waals surface area contributed by atoms with Crippen molar-refractivity contribution in [1.82, 2.24) is 14.9 Å². The predicted molar refractivity (Wildman–Crippen MR) is 128 cm³/mol. The Hall–Kier alpha value is -3.52. The zero-order chi connectivity index (χ0) is 23.8. The number of carbonyl (C=O) groups excluding carboxylic acids is 1. The summed E-state index contributed by atoms with van der Waals surface area (Å²) >= 11 is 6.45. The highest BCUT2D eigenvalue weighted by atomic mass is 35.5. The van der Waals surface area contributed by atoms with Gasteiger partial charge in [0.2, 0.25) is 11.8 Å². The van der Waals surface area contributed by atoms with Crippen LogP contribution in [0, 0.1) is 0 Å². The highest BCUT2D eigenvalue weighted by Gasteiger charge is 2.14. The first kappa shape index (κ1) is 24.1. The normalized spacial score (nSPS) is 10.5. The summed E-state index contributed by atoms with van der Waals surface area (Å²) in [5.41, 5.74) is 2.22. The smallest absolute Gasteiger partial charge is 0.328 e. The number of hydrogen-bond acceptors (Lipinski definition) is 7. The number of carbonyl (C=O) groups is 1. The summed E-state index contributed by atoms with van der Waals surface area (Å²) in [7, 11) is 3.00. The number of hydrogen-bond donors (Lipinski definition) is 1. The SMILES string of the molecule is CCN(CC)C(=O)c1ccc(NCc2c(Cl)cccc2Oc2nc(OC)cc(OC)n2)cc1. The Bertz CT molecular complexity index is 1070. The van der Waals surface area contributed by atoms with E-state index in [-0.39, 0.29) is 11.9 Å². The van der Waals surface area contributed by atoms with Crippen molar-refractivity contribution < 1.29 is 19.0 Å². The molecule has 0 saturated carbocycles. The summed E-state index contributed by atoms with van der Waals surface area (Å²) < 4.78 is 16.3. The van der Waals surface area contributed by atoms with Crippen LogP contribution in [-0.4, -0.2) is 48.1 Å². The molecule has 8 nitrogen and oxygen atoms in total. The molecule has 1 heterocycles. The molecule has 0 aliphatic rings. The average Bonchev–Trinajstić information content (AvgIpc) is 2.84. The molecule has 0 fully saturated rings. The quantitative estimate of drug-likeness (QED) is 0.444. The van der Waals surface area contributed by atoms with Gasteiger partial charge < -0.3 is 24.4 Å². The van der Waals surface area contributed by atoms with E-state index in [2.05, 4.69) is 15.3 Å². The summed E-state index contributed by atoms with van der Waals surface area (Å²) in [4.78, 5) is 22.7. The van der Waals surface area contributed by atoms with Crippen LogP contribution in [-0.2, 0) is 6.54 Å². The van der Waals surface area contributed by atoms with Gasteiger partial charge in [-0.3, -0.25) is 4.79 Å². The van der Waals surface area contributed by atoms with E-state index in [9.17, 15) is 4.79 Å².